The van der Waals surface area contributed by atoms with Gasteiger partial charge in [0.15, 0.2) is 0 Å². The van der Waals surface area contributed by atoms with Crippen molar-refractivity contribution in [3.05, 3.63) is 0 Å². The van der Waals surface area contributed by atoms with E-state index in [4.69, 9.17) is 0 Å². The van der Waals surface area contributed by atoms with Crippen molar-refractivity contribution in [2.45, 2.75) is 0 Å². The van der Waals surface area contributed by atoms with E-state index in [1.54, 1.807) is 11.8 Å². The SMILES string of the molecule is O=C(CSCCS)NCCS. The third kappa shape index (κ3) is 8.43. The molecule has 0 aromatic rings. The van der Waals surface area contributed by atoms with E-state index in [-0.39, 0.29) is 5.91 Å². The fourth-order valence-electron chi connectivity index (χ4n) is 0.476. The fraction of sp³-hybridized carbons (Fsp3) is 0.833. The minimum absolute atomic E-state index is 0.0887. The summed E-state index contributed by atoms with van der Waals surface area (Å²) < 4.78 is 0. The van der Waals surface area contributed by atoms with Gasteiger partial charge in [-0.25, -0.2) is 0 Å². The van der Waals surface area contributed by atoms with Crippen molar-refractivity contribution in [3.63, 3.8) is 0 Å². The second kappa shape index (κ2) is 8.62. The van der Waals surface area contributed by atoms with Crippen LogP contribution < -0.4 is 5.32 Å². The van der Waals surface area contributed by atoms with Crippen molar-refractivity contribution in [2.75, 3.05) is 29.6 Å². The number of thioether (sulfide) groups is 1. The van der Waals surface area contributed by atoms with Gasteiger partial charge in [-0.15, -0.1) is 0 Å². The Morgan fingerprint density at radius 2 is 2.09 bits per heavy atom. The molecule has 0 aromatic carbocycles. The summed E-state index contributed by atoms with van der Waals surface area (Å²) in [4.78, 5) is 10.9. The number of amides is 1. The van der Waals surface area contributed by atoms with Crippen LogP contribution >= 0.6 is 37.0 Å². The molecule has 0 saturated carbocycles. The highest BCUT2D eigenvalue weighted by Crippen LogP contribution is 1.98. The normalized spacial score (nSPS) is 9.64. The zero-order valence-corrected chi connectivity index (χ0v) is 8.85. The van der Waals surface area contributed by atoms with Crippen LogP contribution in [0, 0.1) is 0 Å². The Balaban J connectivity index is 3.09. The van der Waals surface area contributed by atoms with Crippen LogP contribution in [0.1, 0.15) is 0 Å². The molecule has 0 bridgehead atoms. The molecule has 0 rings (SSSR count). The lowest BCUT2D eigenvalue weighted by Crippen LogP contribution is -2.27. The summed E-state index contributed by atoms with van der Waals surface area (Å²) in [7, 11) is 0. The fourth-order valence-corrected chi connectivity index (χ4v) is 1.54. The molecule has 0 saturated heterocycles. The molecular weight excluding hydrogens is 198 g/mol. The number of hydrogen-bond acceptors (Lipinski definition) is 4. The maximum absolute atomic E-state index is 10.9. The van der Waals surface area contributed by atoms with Crippen LogP contribution in [-0.4, -0.2) is 35.5 Å². The Hall–Kier alpha value is 0.520. The molecule has 0 aliphatic carbocycles. The van der Waals surface area contributed by atoms with E-state index in [0.29, 0.717) is 18.1 Å². The highest BCUT2D eigenvalue weighted by molar-refractivity contribution is 8.00. The number of thiol groups is 2. The van der Waals surface area contributed by atoms with E-state index in [1.165, 1.54) is 0 Å². The van der Waals surface area contributed by atoms with Crippen molar-refractivity contribution in [1.29, 1.82) is 0 Å². The molecule has 1 amide bonds. The molecule has 0 fully saturated rings. The maximum Gasteiger partial charge on any atom is 0.230 e. The Kier molecular flexibility index (Phi) is 9.02. The van der Waals surface area contributed by atoms with Gasteiger partial charge < -0.3 is 5.32 Å². The van der Waals surface area contributed by atoms with Crippen LogP contribution in [0.5, 0.6) is 0 Å². The maximum atomic E-state index is 10.9. The highest BCUT2D eigenvalue weighted by atomic mass is 32.2. The summed E-state index contributed by atoms with van der Waals surface area (Å²) in [5.74, 6) is 3.07. The zero-order chi connectivity index (χ0) is 8.53. The van der Waals surface area contributed by atoms with Crippen LogP contribution in [0.4, 0.5) is 0 Å². The van der Waals surface area contributed by atoms with Crippen molar-refractivity contribution in [3.8, 4) is 0 Å². The summed E-state index contributed by atoms with van der Waals surface area (Å²) in [5.41, 5.74) is 0. The minimum atomic E-state index is 0.0887. The molecule has 1 N–H and O–H groups in total. The number of rotatable bonds is 6. The van der Waals surface area contributed by atoms with E-state index in [1.807, 2.05) is 0 Å². The predicted molar refractivity (Wildman–Crippen MR) is 58.0 cm³/mol. The first-order chi connectivity index (χ1) is 5.31. The molecule has 0 radical (unpaired) electrons. The molecule has 2 nitrogen and oxygen atoms in total. The van der Waals surface area contributed by atoms with Crippen LogP contribution in [0.2, 0.25) is 0 Å². The third-order valence-corrected chi connectivity index (χ3v) is 2.61. The summed E-state index contributed by atoms with van der Waals surface area (Å²) in [6.45, 7) is 0.656. The zero-order valence-electron chi connectivity index (χ0n) is 6.25. The van der Waals surface area contributed by atoms with Crippen LogP contribution in [-0.2, 0) is 4.79 Å². The Labute approximate surface area is 82.7 Å². The van der Waals surface area contributed by atoms with E-state index in [9.17, 15) is 4.79 Å². The third-order valence-electron chi connectivity index (χ3n) is 0.903. The molecule has 0 aliphatic rings. The first-order valence-corrected chi connectivity index (χ1v) is 5.79. The van der Waals surface area contributed by atoms with E-state index >= 15 is 0 Å². The van der Waals surface area contributed by atoms with Gasteiger partial charge in [-0.05, 0) is 5.75 Å². The molecule has 11 heavy (non-hydrogen) atoms. The molecule has 0 aliphatic heterocycles. The minimum Gasteiger partial charge on any atom is -0.355 e. The standard InChI is InChI=1S/C6H13NOS3/c8-6(7-1-2-9)5-11-4-3-10/h9-10H,1-5H2,(H,7,8). The van der Waals surface area contributed by atoms with Gasteiger partial charge in [0.1, 0.15) is 0 Å². The summed E-state index contributed by atoms with van der Waals surface area (Å²) in [5, 5.41) is 2.73. The molecule has 5 heteroatoms. The highest BCUT2D eigenvalue weighted by Gasteiger charge is 1.97. The average molecular weight is 211 g/mol. The first-order valence-electron chi connectivity index (χ1n) is 3.37. The van der Waals surface area contributed by atoms with Crippen LogP contribution in [0.15, 0.2) is 0 Å². The second-order valence-corrected chi connectivity index (χ2v) is 3.85. The van der Waals surface area contributed by atoms with Gasteiger partial charge in [0.2, 0.25) is 5.91 Å². The Morgan fingerprint density at radius 3 is 2.64 bits per heavy atom. The van der Waals surface area contributed by atoms with Gasteiger partial charge in [-0.1, -0.05) is 0 Å². The van der Waals surface area contributed by atoms with Gasteiger partial charge in [0, 0.05) is 18.1 Å². The predicted octanol–water partition coefficient (Wildman–Crippen LogP) is 0.695. The van der Waals surface area contributed by atoms with Crippen molar-refractivity contribution in [2.24, 2.45) is 0 Å². The van der Waals surface area contributed by atoms with Gasteiger partial charge in [-0.3, -0.25) is 4.79 Å². The van der Waals surface area contributed by atoms with Crippen molar-refractivity contribution in [1.82, 2.24) is 5.32 Å². The molecule has 0 aromatic heterocycles. The van der Waals surface area contributed by atoms with Gasteiger partial charge in [0.05, 0.1) is 5.75 Å². The lowest BCUT2D eigenvalue weighted by atomic mass is 10.6. The average Bonchev–Trinajstić information content (AvgIpc) is 2.01. The smallest absolute Gasteiger partial charge is 0.230 e. The van der Waals surface area contributed by atoms with Crippen LogP contribution in [0.3, 0.4) is 0 Å². The second-order valence-electron chi connectivity index (χ2n) is 1.85. The lowest BCUT2D eigenvalue weighted by Gasteiger charge is -2.01. The van der Waals surface area contributed by atoms with Gasteiger partial charge in [0.25, 0.3) is 0 Å². The quantitative estimate of drug-likeness (QED) is 0.446. The number of carbonyl (C=O) groups is 1. The molecule has 66 valence electrons. The van der Waals surface area contributed by atoms with Gasteiger partial charge >= 0.3 is 0 Å². The lowest BCUT2D eigenvalue weighted by molar-refractivity contribution is -0.118. The molecule has 0 unspecified atom stereocenters. The summed E-state index contributed by atoms with van der Waals surface area (Å²) in [6.07, 6.45) is 0. The monoisotopic (exact) mass is 211 g/mol. The molecule has 0 heterocycles. The Bertz CT molecular complexity index is 110. The van der Waals surface area contributed by atoms with Crippen molar-refractivity contribution >= 4 is 42.9 Å². The largest absolute Gasteiger partial charge is 0.355 e. The Morgan fingerprint density at radius 1 is 1.36 bits per heavy atom. The van der Waals surface area contributed by atoms with E-state index in [0.717, 1.165) is 11.5 Å². The number of nitrogens with one attached hydrogen (secondary N) is 1. The molecule has 0 atom stereocenters. The first kappa shape index (κ1) is 11.5. The van der Waals surface area contributed by atoms with Gasteiger partial charge in [-0.2, -0.15) is 37.0 Å². The molecule has 0 spiro atoms. The number of hydrogen-bond donors (Lipinski definition) is 3. The number of carbonyl (C=O) groups excluding carboxylic acids is 1. The topological polar surface area (TPSA) is 29.1 Å². The molecular formula is C6H13NOS3. The van der Waals surface area contributed by atoms with Crippen LogP contribution in [0.25, 0.3) is 0 Å². The van der Waals surface area contributed by atoms with Crippen molar-refractivity contribution < 1.29 is 4.79 Å². The summed E-state index contributed by atoms with van der Waals surface area (Å²) >= 11 is 9.60. The van der Waals surface area contributed by atoms with E-state index < -0.39 is 0 Å². The summed E-state index contributed by atoms with van der Waals surface area (Å²) in [6, 6.07) is 0. The van der Waals surface area contributed by atoms with E-state index in [2.05, 4.69) is 30.6 Å².